The number of fused-ring (bicyclic) bond motifs is 1. The lowest BCUT2D eigenvalue weighted by Gasteiger charge is -2.21. The molecule has 0 aliphatic rings. The molecule has 3 rings (SSSR count). The van der Waals surface area contributed by atoms with Crippen molar-refractivity contribution in [2.75, 3.05) is 39.3 Å². The minimum Gasteiger partial charge on any atom is -0.497 e. The van der Waals surface area contributed by atoms with Gasteiger partial charge in [-0.15, -0.1) is 0 Å². The van der Waals surface area contributed by atoms with Crippen molar-refractivity contribution in [1.29, 1.82) is 0 Å². The van der Waals surface area contributed by atoms with Crippen LogP contribution in [-0.2, 0) is 4.74 Å². The lowest BCUT2D eigenvalue weighted by atomic mass is 10.0. The lowest BCUT2D eigenvalue weighted by molar-refractivity contribution is 0.206. The molecule has 26 heavy (non-hydrogen) atoms. The van der Waals surface area contributed by atoms with Crippen LogP contribution < -0.4 is 15.1 Å². The van der Waals surface area contributed by atoms with Gasteiger partial charge < -0.3 is 19.4 Å². The van der Waals surface area contributed by atoms with Gasteiger partial charge in [-0.25, -0.2) is 0 Å². The third-order valence-corrected chi connectivity index (χ3v) is 4.67. The Balaban J connectivity index is 2.14. The zero-order chi connectivity index (χ0) is 18.7. The predicted molar refractivity (Wildman–Crippen MR) is 106 cm³/mol. The summed E-state index contributed by atoms with van der Waals surface area (Å²) < 4.78 is 10.4. The summed E-state index contributed by atoms with van der Waals surface area (Å²) in [5, 5.41) is 0.722. The second-order valence-electron chi connectivity index (χ2n) is 6.33. The highest BCUT2D eigenvalue weighted by Crippen LogP contribution is 2.27. The maximum Gasteiger partial charge on any atom is 0.197 e. The van der Waals surface area contributed by atoms with Crippen LogP contribution in [0.4, 0.5) is 5.69 Å². The normalized spacial score (nSPS) is 10.9. The number of hydrogen-bond donors (Lipinski definition) is 1. The molecule has 5 nitrogen and oxygen atoms in total. The predicted octanol–water partition coefficient (Wildman–Crippen LogP) is 3.59. The molecule has 2 aromatic carbocycles. The number of rotatable bonds is 6. The quantitative estimate of drug-likeness (QED) is 0.736. The van der Waals surface area contributed by atoms with Crippen molar-refractivity contribution in [2.45, 2.75) is 6.92 Å². The number of aromatic nitrogens is 1. The fourth-order valence-corrected chi connectivity index (χ4v) is 3.13. The molecule has 0 saturated carbocycles. The summed E-state index contributed by atoms with van der Waals surface area (Å²) in [6.45, 7) is 3.34. The first-order chi connectivity index (χ1) is 12.6. The summed E-state index contributed by atoms with van der Waals surface area (Å²) in [5.74, 6) is 0.768. The number of hydrogen-bond acceptors (Lipinski definition) is 4. The van der Waals surface area contributed by atoms with E-state index >= 15 is 0 Å². The van der Waals surface area contributed by atoms with Crippen LogP contribution in [0.25, 0.3) is 22.0 Å². The third-order valence-electron chi connectivity index (χ3n) is 4.67. The Bertz CT molecular complexity index is 961. The van der Waals surface area contributed by atoms with Gasteiger partial charge >= 0.3 is 0 Å². The van der Waals surface area contributed by atoms with E-state index in [0.29, 0.717) is 12.2 Å². The Hall–Kier alpha value is -2.79. The molecule has 0 fully saturated rings. The summed E-state index contributed by atoms with van der Waals surface area (Å²) in [4.78, 5) is 18.6. The van der Waals surface area contributed by atoms with Crippen molar-refractivity contribution in [1.82, 2.24) is 4.98 Å². The number of nitrogens with one attached hydrogen (secondary N) is 1. The molecule has 136 valence electrons. The largest absolute Gasteiger partial charge is 0.497 e. The highest BCUT2D eigenvalue weighted by molar-refractivity contribution is 5.95. The molecule has 1 aromatic heterocycles. The van der Waals surface area contributed by atoms with Gasteiger partial charge in [-0.05, 0) is 36.2 Å². The standard InChI is InChI=1S/C21H24N2O3/c1-14-5-10-18(23(2)11-12-25-3)20-19(14)21(24)17(13-22-20)15-6-8-16(26-4)9-7-15/h5-10,13H,11-12H2,1-4H3,(H,22,24). The summed E-state index contributed by atoms with van der Waals surface area (Å²) in [6.07, 6.45) is 1.79. The second kappa shape index (κ2) is 7.62. The van der Waals surface area contributed by atoms with Crippen LogP contribution in [0.5, 0.6) is 5.75 Å². The van der Waals surface area contributed by atoms with Crippen molar-refractivity contribution in [3.63, 3.8) is 0 Å². The Morgan fingerprint density at radius 2 is 1.81 bits per heavy atom. The summed E-state index contributed by atoms with van der Waals surface area (Å²) in [5.41, 5.74) is 4.35. The maximum atomic E-state index is 13.2. The van der Waals surface area contributed by atoms with Crippen molar-refractivity contribution in [2.24, 2.45) is 0 Å². The molecule has 0 unspecified atom stereocenters. The SMILES string of the molecule is COCCN(C)c1ccc(C)c2c(=O)c(-c3ccc(OC)cc3)c[nH]c12. The van der Waals surface area contributed by atoms with Crippen LogP contribution in [-0.4, -0.2) is 39.4 Å². The Kier molecular flexibility index (Phi) is 5.28. The molecule has 1 N–H and O–H groups in total. The molecule has 3 aromatic rings. The molecule has 5 heteroatoms. The van der Waals surface area contributed by atoms with Crippen LogP contribution in [0.1, 0.15) is 5.56 Å². The first-order valence-corrected chi connectivity index (χ1v) is 8.56. The number of likely N-dealkylation sites (N-methyl/N-ethyl adjacent to an activating group) is 1. The van der Waals surface area contributed by atoms with Gasteiger partial charge in [-0.2, -0.15) is 0 Å². The maximum absolute atomic E-state index is 13.2. The fraction of sp³-hybridized carbons (Fsp3) is 0.286. The molecule has 0 atom stereocenters. The molecular weight excluding hydrogens is 328 g/mol. The van der Waals surface area contributed by atoms with Crippen LogP contribution in [0.15, 0.2) is 47.4 Å². The highest BCUT2D eigenvalue weighted by atomic mass is 16.5. The van der Waals surface area contributed by atoms with Crippen molar-refractivity contribution >= 4 is 16.6 Å². The molecule has 0 radical (unpaired) electrons. The number of nitrogens with zero attached hydrogens (tertiary/aromatic N) is 1. The van der Waals surface area contributed by atoms with Crippen LogP contribution in [0, 0.1) is 6.92 Å². The number of ether oxygens (including phenoxy) is 2. The van der Waals surface area contributed by atoms with Crippen molar-refractivity contribution in [3.8, 4) is 16.9 Å². The van der Waals surface area contributed by atoms with Gasteiger partial charge in [-0.1, -0.05) is 18.2 Å². The van der Waals surface area contributed by atoms with Gasteiger partial charge in [0.25, 0.3) is 0 Å². The van der Waals surface area contributed by atoms with E-state index in [1.54, 1.807) is 20.4 Å². The molecule has 0 aliphatic heterocycles. The van der Waals surface area contributed by atoms with Gasteiger partial charge in [0.15, 0.2) is 5.43 Å². The zero-order valence-corrected chi connectivity index (χ0v) is 15.6. The minimum atomic E-state index is 0.0309. The lowest BCUT2D eigenvalue weighted by Crippen LogP contribution is -2.23. The number of aromatic amines is 1. The van der Waals surface area contributed by atoms with E-state index in [9.17, 15) is 4.79 Å². The van der Waals surface area contributed by atoms with Gasteiger partial charge in [0.2, 0.25) is 0 Å². The van der Waals surface area contributed by atoms with Crippen molar-refractivity contribution < 1.29 is 9.47 Å². The van der Waals surface area contributed by atoms with Crippen LogP contribution in [0.2, 0.25) is 0 Å². The Labute approximate surface area is 153 Å². The van der Waals surface area contributed by atoms with E-state index in [-0.39, 0.29) is 5.43 Å². The molecule has 0 amide bonds. The summed E-state index contributed by atoms with van der Waals surface area (Å²) in [6, 6.07) is 11.6. The number of pyridine rings is 1. The number of aryl methyl sites for hydroxylation is 1. The Morgan fingerprint density at radius 1 is 1.08 bits per heavy atom. The number of benzene rings is 2. The molecule has 0 spiro atoms. The monoisotopic (exact) mass is 352 g/mol. The average molecular weight is 352 g/mol. The van der Waals surface area contributed by atoms with E-state index in [2.05, 4.69) is 9.88 Å². The smallest absolute Gasteiger partial charge is 0.197 e. The average Bonchev–Trinajstić information content (AvgIpc) is 2.66. The van der Waals surface area contributed by atoms with Crippen LogP contribution >= 0.6 is 0 Å². The van der Waals surface area contributed by atoms with Gasteiger partial charge in [0.05, 0.1) is 30.3 Å². The van der Waals surface area contributed by atoms with E-state index < -0.39 is 0 Å². The molecule has 0 saturated heterocycles. The minimum absolute atomic E-state index is 0.0309. The topological polar surface area (TPSA) is 54.6 Å². The molecule has 0 aliphatic carbocycles. The first kappa shape index (κ1) is 18.0. The molecular formula is C21H24N2O3. The number of H-pyrrole nitrogens is 1. The van der Waals surface area contributed by atoms with E-state index in [0.717, 1.165) is 40.0 Å². The first-order valence-electron chi connectivity index (χ1n) is 8.56. The van der Waals surface area contributed by atoms with Gasteiger partial charge in [-0.3, -0.25) is 4.79 Å². The zero-order valence-electron chi connectivity index (χ0n) is 15.6. The van der Waals surface area contributed by atoms with E-state index in [1.165, 1.54) is 0 Å². The second-order valence-corrected chi connectivity index (χ2v) is 6.33. The van der Waals surface area contributed by atoms with Crippen LogP contribution in [0.3, 0.4) is 0 Å². The van der Waals surface area contributed by atoms with E-state index in [4.69, 9.17) is 9.47 Å². The van der Waals surface area contributed by atoms with Crippen molar-refractivity contribution in [3.05, 3.63) is 58.4 Å². The van der Waals surface area contributed by atoms with E-state index in [1.807, 2.05) is 50.4 Å². The number of methoxy groups -OCH3 is 2. The molecule has 1 heterocycles. The Morgan fingerprint density at radius 3 is 2.46 bits per heavy atom. The third kappa shape index (κ3) is 3.30. The summed E-state index contributed by atoms with van der Waals surface area (Å²) in [7, 11) is 5.31. The van der Waals surface area contributed by atoms with Gasteiger partial charge in [0.1, 0.15) is 5.75 Å². The summed E-state index contributed by atoms with van der Waals surface area (Å²) >= 11 is 0. The highest BCUT2D eigenvalue weighted by Gasteiger charge is 2.14. The molecule has 0 bridgehead atoms. The fourth-order valence-electron chi connectivity index (χ4n) is 3.13. The number of anilines is 1. The van der Waals surface area contributed by atoms with Gasteiger partial charge in [0, 0.05) is 32.5 Å².